The van der Waals surface area contributed by atoms with Gasteiger partial charge in [0.1, 0.15) is 9.96 Å². The van der Waals surface area contributed by atoms with Crippen LogP contribution in [0.3, 0.4) is 0 Å². The Morgan fingerprint density at radius 3 is 2.58 bits per heavy atom. The van der Waals surface area contributed by atoms with Crippen molar-refractivity contribution < 1.29 is 21.9 Å². The van der Waals surface area contributed by atoms with E-state index in [0.717, 1.165) is 17.4 Å². The van der Waals surface area contributed by atoms with Crippen molar-refractivity contribution in [3.8, 4) is 5.75 Å². The molecule has 0 unspecified atom stereocenters. The second-order valence-corrected chi connectivity index (χ2v) is 10.7. The number of benzene rings is 1. The molecule has 1 aromatic heterocycles. The second-order valence-electron chi connectivity index (χ2n) is 5.91. The molecule has 3 rings (SSSR count). The van der Waals surface area contributed by atoms with Crippen molar-refractivity contribution in [2.24, 2.45) is 5.14 Å². The molecule has 0 radical (unpaired) electrons. The largest absolute Gasteiger partial charge is 0.508 e. The molecule has 142 valence electrons. The first-order chi connectivity index (χ1) is 12.1. The Labute approximate surface area is 156 Å². The normalized spacial score (nSPS) is 20.0. The number of fused-ring (bicyclic) bond motifs is 1. The van der Waals surface area contributed by atoms with E-state index in [2.05, 4.69) is 5.32 Å². The minimum atomic E-state index is -3.99. The van der Waals surface area contributed by atoms with Crippen molar-refractivity contribution in [2.75, 3.05) is 13.1 Å². The molecule has 1 atom stereocenters. The molecule has 1 aliphatic heterocycles. The van der Waals surface area contributed by atoms with Crippen LogP contribution in [-0.2, 0) is 26.6 Å². The molecule has 11 heteroatoms. The highest BCUT2D eigenvalue weighted by atomic mass is 32.2. The molecule has 0 aliphatic carbocycles. The summed E-state index contributed by atoms with van der Waals surface area (Å²) < 4.78 is 50.4. The molecular formula is C15H19N3O5S3. The van der Waals surface area contributed by atoms with Crippen molar-refractivity contribution in [3.05, 3.63) is 40.8 Å². The molecule has 0 saturated heterocycles. The van der Waals surface area contributed by atoms with E-state index >= 15 is 0 Å². The lowest BCUT2D eigenvalue weighted by Gasteiger charge is -2.32. The lowest BCUT2D eigenvalue weighted by molar-refractivity contribution is 0.340. The van der Waals surface area contributed by atoms with E-state index in [9.17, 15) is 21.9 Å². The van der Waals surface area contributed by atoms with E-state index in [4.69, 9.17) is 5.14 Å². The zero-order chi connectivity index (χ0) is 19.1. The number of nitrogens with one attached hydrogen (secondary N) is 1. The van der Waals surface area contributed by atoms with Crippen LogP contribution in [0.4, 0.5) is 0 Å². The Morgan fingerprint density at radius 2 is 2.00 bits per heavy atom. The zero-order valence-electron chi connectivity index (χ0n) is 13.9. The van der Waals surface area contributed by atoms with Gasteiger partial charge < -0.3 is 10.4 Å². The van der Waals surface area contributed by atoms with Gasteiger partial charge in [-0.25, -0.2) is 22.0 Å². The fourth-order valence-electron chi connectivity index (χ4n) is 2.83. The standard InChI is InChI=1S/C15H19N3O5S3/c1-2-17-12-9-18(8-10-3-5-11(19)6-4-10)26(22,23)13-7-14(24-15(12)13)25(16,20)21/h3-7,12,17,19H,2,8-9H2,1H3,(H2,16,20,21)/t12-/m1/s1. The van der Waals surface area contributed by atoms with Crippen molar-refractivity contribution in [1.29, 1.82) is 0 Å². The van der Waals surface area contributed by atoms with Crippen LogP contribution < -0.4 is 10.5 Å². The number of hydrogen-bond acceptors (Lipinski definition) is 7. The SMILES string of the molecule is CCN[C@@H]1CN(Cc2ccc(O)cc2)S(=O)(=O)c2cc(S(N)(=O)=O)sc21. The third-order valence-corrected chi connectivity index (χ3v) is 8.70. The van der Waals surface area contributed by atoms with Crippen molar-refractivity contribution in [1.82, 2.24) is 9.62 Å². The van der Waals surface area contributed by atoms with Gasteiger partial charge in [0.25, 0.3) is 0 Å². The molecule has 0 bridgehead atoms. The smallest absolute Gasteiger partial charge is 0.247 e. The summed E-state index contributed by atoms with van der Waals surface area (Å²) in [4.78, 5) is 0.431. The number of likely N-dealkylation sites (N-methyl/N-ethyl adjacent to an activating group) is 1. The summed E-state index contributed by atoms with van der Waals surface area (Å²) >= 11 is 0.889. The summed E-state index contributed by atoms with van der Waals surface area (Å²) in [6.45, 7) is 2.78. The summed E-state index contributed by atoms with van der Waals surface area (Å²) in [7, 11) is -7.85. The van der Waals surface area contributed by atoms with Crippen molar-refractivity contribution in [2.45, 2.75) is 28.6 Å². The lowest BCUT2D eigenvalue weighted by atomic mass is 10.2. The molecule has 1 aromatic carbocycles. The molecule has 0 spiro atoms. The molecule has 0 fully saturated rings. The van der Waals surface area contributed by atoms with Crippen LogP contribution in [-0.4, -0.2) is 39.3 Å². The molecular weight excluding hydrogens is 398 g/mol. The molecule has 2 heterocycles. The van der Waals surface area contributed by atoms with Gasteiger partial charge in [0.05, 0.1) is 10.9 Å². The Balaban J connectivity index is 2.04. The quantitative estimate of drug-likeness (QED) is 0.664. The van der Waals surface area contributed by atoms with Gasteiger partial charge in [0.15, 0.2) is 0 Å². The van der Waals surface area contributed by atoms with Crippen molar-refractivity contribution >= 4 is 31.4 Å². The van der Waals surface area contributed by atoms with Gasteiger partial charge in [0.2, 0.25) is 20.0 Å². The van der Waals surface area contributed by atoms with E-state index in [0.29, 0.717) is 17.0 Å². The molecule has 0 saturated carbocycles. The highest BCUT2D eigenvalue weighted by Gasteiger charge is 2.39. The molecule has 26 heavy (non-hydrogen) atoms. The molecule has 2 aromatic rings. The van der Waals surface area contributed by atoms with Crippen LogP contribution in [0.25, 0.3) is 0 Å². The fraction of sp³-hybridized carbons (Fsp3) is 0.333. The Hall–Kier alpha value is -1.50. The summed E-state index contributed by atoms with van der Waals surface area (Å²) in [5, 5.41) is 17.8. The molecule has 8 nitrogen and oxygen atoms in total. The number of rotatable bonds is 5. The van der Waals surface area contributed by atoms with Gasteiger partial charge in [-0.1, -0.05) is 19.1 Å². The van der Waals surface area contributed by atoms with Crippen molar-refractivity contribution in [3.63, 3.8) is 0 Å². The monoisotopic (exact) mass is 417 g/mol. The van der Waals surface area contributed by atoms with E-state index in [1.807, 2.05) is 6.92 Å². The minimum Gasteiger partial charge on any atom is -0.508 e. The maximum atomic E-state index is 13.0. The summed E-state index contributed by atoms with van der Waals surface area (Å²) in [5.41, 5.74) is 0.715. The number of hydrogen-bond donors (Lipinski definition) is 3. The second kappa shape index (κ2) is 6.91. The highest BCUT2D eigenvalue weighted by Crippen LogP contribution is 2.40. The average molecular weight is 418 g/mol. The Kier molecular flexibility index (Phi) is 5.12. The highest BCUT2D eigenvalue weighted by molar-refractivity contribution is 7.92. The maximum Gasteiger partial charge on any atom is 0.247 e. The summed E-state index contributed by atoms with van der Waals surface area (Å²) in [6.07, 6.45) is 0. The van der Waals surface area contributed by atoms with E-state index in [1.165, 1.54) is 16.4 Å². The first-order valence-electron chi connectivity index (χ1n) is 7.81. The molecule has 1 aliphatic rings. The fourth-order valence-corrected chi connectivity index (χ4v) is 6.90. The van der Waals surface area contributed by atoms with Crippen LogP contribution in [0.15, 0.2) is 39.4 Å². The van der Waals surface area contributed by atoms with Crippen LogP contribution >= 0.6 is 11.3 Å². The number of primary sulfonamides is 1. The minimum absolute atomic E-state index is 0.0255. The third kappa shape index (κ3) is 3.63. The topological polar surface area (TPSA) is 130 Å². The first kappa shape index (κ1) is 19.3. The zero-order valence-corrected chi connectivity index (χ0v) is 16.4. The van der Waals surface area contributed by atoms with E-state index < -0.39 is 20.0 Å². The van der Waals surface area contributed by atoms with Gasteiger partial charge in [-0.3, -0.25) is 0 Å². The number of thiophene rings is 1. The van der Waals surface area contributed by atoms with Gasteiger partial charge >= 0.3 is 0 Å². The van der Waals surface area contributed by atoms with Gasteiger partial charge in [-0.05, 0) is 30.3 Å². The molecule has 4 N–H and O–H groups in total. The number of aromatic hydroxyl groups is 1. The van der Waals surface area contributed by atoms with Crippen LogP contribution in [0, 0.1) is 0 Å². The maximum absolute atomic E-state index is 13.0. The number of sulfonamides is 2. The average Bonchev–Trinajstić information content (AvgIpc) is 3.01. The van der Waals surface area contributed by atoms with Crippen LogP contribution in [0.5, 0.6) is 5.75 Å². The number of phenolic OH excluding ortho intramolecular Hbond substituents is 1. The summed E-state index contributed by atoms with van der Waals surface area (Å²) in [5.74, 6) is 0.0960. The third-order valence-electron chi connectivity index (χ3n) is 4.05. The predicted molar refractivity (Wildman–Crippen MR) is 97.8 cm³/mol. The Bertz CT molecular complexity index is 1010. The van der Waals surface area contributed by atoms with Crippen LogP contribution in [0.2, 0.25) is 0 Å². The summed E-state index contributed by atoms with van der Waals surface area (Å²) in [6, 6.07) is 7.08. The van der Waals surface area contributed by atoms with Crippen LogP contribution in [0.1, 0.15) is 23.4 Å². The van der Waals surface area contributed by atoms with E-state index in [1.54, 1.807) is 12.1 Å². The lowest BCUT2D eigenvalue weighted by Crippen LogP contribution is -2.42. The van der Waals surface area contributed by atoms with Gasteiger partial charge in [-0.15, -0.1) is 11.3 Å². The van der Waals surface area contributed by atoms with Gasteiger partial charge in [0, 0.05) is 18.0 Å². The Morgan fingerprint density at radius 1 is 1.35 bits per heavy atom. The number of nitrogens with zero attached hydrogens (tertiary/aromatic N) is 1. The predicted octanol–water partition coefficient (Wildman–Crippen LogP) is 0.956. The van der Waals surface area contributed by atoms with Gasteiger partial charge in [-0.2, -0.15) is 4.31 Å². The first-order valence-corrected chi connectivity index (χ1v) is 11.6. The number of nitrogens with two attached hydrogens (primary N) is 1. The molecule has 0 amide bonds. The number of phenols is 1. The van der Waals surface area contributed by atoms with E-state index in [-0.39, 0.29) is 34.0 Å².